The zero-order valence-electron chi connectivity index (χ0n) is 16.1. The molecule has 3 N–H and O–H groups in total. The Kier molecular flexibility index (Phi) is 6.18. The second-order valence-corrected chi connectivity index (χ2v) is 7.58. The molecule has 0 saturated heterocycles. The van der Waals surface area contributed by atoms with Gasteiger partial charge in [-0.3, -0.25) is 14.9 Å². The van der Waals surface area contributed by atoms with Crippen LogP contribution in [0.25, 0.3) is 15.3 Å². The Morgan fingerprint density at radius 2 is 2.13 bits per heavy atom. The number of rotatable bonds is 6. The molecule has 3 heterocycles. The average molecular weight is 447 g/mol. The number of thiazole rings is 1. The number of aromatic amines is 2. The first kappa shape index (κ1) is 21.5. The molecule has 4 aromatic rings. The number of carboxylic acids is 1. The summed E-state index contributed by atoms with van der Waals surface area (Å²) in [6, 6.07) is 6.61. The van der Waals surface area contributed by atoms with Crippen LogP contribution in [-0.2, 0) is 11.2 Å². The van der Waals surface area contributed by atoms with Crippen molar-refractivity contribution in [3.05, 3.63) is 64.1 Å². The van der Waals surface area contributed by atoms with Gasteiger partial charge in [-0.25, -0.2) is 14.8 Å². The largest absolute Gasteiger partial charge is 0.480 e. The molecule has 9 nitrogen and oxygen atoms in total. The lowest BCUT2D eigenvalue weighted by Crippen LogP contribution is -2.25. The van der Waals surface area contributed by atoms with E-state index in [4.69, 9.17) is 0 Å². The quantitative estimate of drug-likeness (QED) is 0.392. The van der Waals surface area contributed by atoms with E-state index in [1.807, 2.05) is 24.3 Å². The number of H-pyrrole nitrogens is 2. The van der Waals surface area contributed by atoms with Crippen LogP contribution in [0, 0.1) is 6.92 Å². The molecule has 11 heteroatoms. The molecule has 0 saturated carbocycles. The minimum Gasteiger partial charge on any atom is -0.480 e. The van der Waals surface area contributed by atoms with Crippen molar-refractivity contribution in [3.8, 4) is 5.13 Å². The molecular weight excluding hydrogens is 428 g/mol. The van der Waals surface area contributed by atoms with Crippen molar-refractivity contribution in [1.29, 1.82) is 0 Å². The van der Waals surface area contributed by atoms with E-state index >= 15 is 0 Å². The number of para-hydroxylation sites is 1. The number of nitrogens with zero attached hydrogens (tertiary/aromatic N) is 4. The zero-order valence-corrected chi connectivity index (χ0v) is 17.8. The van der Waals surface area contributed by atoms with Crippen LogP contribution in [-0.4, -0.2) is 47.6 Å². The molecule has 1 aromatic carbocycles. The lowest BCUT2D eigenvalue weighted by Gasteiger charge is -2.07. The van der Waals surface area contributed by atoms with Crippen LogP contribution in [0.4, 0.5) is 0 Å². The van der Waals surface area contributed by atoms with Gasteiger partial charge in [0, 0.05) is 29.7 Å². The summed E-state index contributed by atoms with van der Waals surface area (Å²) in [6.45, 7) is 3.40. The van der Waals surface area contributed by atoms with Crippen LogP contribution in [0.2, 0.25) is 0 Å². The second-order valence-electron chi connectivity index (χ2n) is 6.57. The summed E-state index contributed by atoms with van der Waals surface area (Å²) in [5.41, 5.74) is 2.46. The Morgan fingerprint density at radius 3 is 2.80 bits per heavy atom. The predicted molar refractivity (Wildman–Crippen MR) is 117 cm³/mol. The number of hydrogen-bond donors (Lipinski definition) is 3. The van der Waals surface area contributed by atoms with Gasteiger partial charge in [0.2, 0.25) is 5.13 Å². The number of hydrogen-bond acceptors (Lipinski definition) is 6. The third-order valence-corrected chi connectivity index (χ3v) is 5.53. The van der Waals surface area contributed by atoms with Crippen molar-refractivity contribution in [2.45, 2.75) is 26.3 Å². The van der Waals surface area contributed by atoms with Gasteiger partial charge in [0.15, 0.2) is 6.04 Å². The summed E-state index contributed by atoms with van der Waals surface area (Å²) in [7, 11) is 0. The van der Waals surface area contributed by atoms with Crippen LogP contribution >= 0.6 is 23.7 Å². The number of aryl methyl sites for hydroxylation is 1. The summed E-state index contributed by atoms with van der Waals surface area (Å²) in [6.07, 6.45) is 3.20. The first-order chi connectivity index (χ1) is 13.9. The van der Waals surface area contributed by atoms with E-state index in [2.05, 4.69) is 25.0 Å². The molecule has 30 heavy (non-hydrogen) atoms. The van der Waals surface area contributed by atoms with Gasteiger partial charge in [-0.2, -0.15) is 4.68 Å². The van der Waals surface area contributed by atoms with E-state index in [0.717, 1.165) is 10.2 Å². The molecular formula is C19H19ClN6O3S. The molecule has 0 radical (unpaired) electrons. The SMILES string of the molecule is CC(=NC(Cc1cnc[nH]1)C(=O)O)c1c(C)[nH]n(-c2nc3ccccc3s2)c1=O.Cl. The molecule has 3 aromatic heterocycles. The van der Waals surface area contributed by atoms with E-state index in [-0.39, 0.29) is 24.4 Å². The molecule has 0 fully saturated rings. The topological polar surface area (TPSA) is 129 Å². The number of fused-ring (bicyclic) bond motifs is 1. The smallest absolute Gasteiger partial charge is 0.328 e. The summed E-state index contributed by atoms with van der Waals surface area (Å²) in [4.78, 5) is 40.3. The Labute approximate surface area is 180 Å². The molecule has 0 spiro atoms. The highest BCUT2D eigenvalue weighted by Gasteiger charge is 2.22. The van der Waals surface area contributed by atoms with Gasteiger partial charge in [-0.15, -0.1) is 12.4 Å². The Bertz CT molecular complexity index is 1240. The summed E-state index contributed by atoms with van der Waals surface area (Å²) in [5, 5.41) is 13.1. The van der Waals surface area contributed by atoms with E-state index in [9.17, 15) is 14.7 Å². The molecule has 0 bridgehead atoms. The van der Waals surface area contributed by atoms with Crippen LogP contribution < -0.4 is 5.56 Å². The monoisotopic (exact) mass is 446 g/mol. The summed E-state index contributed by atoms with van der Waals surface area (Å²) >= 11 is 1.40. The molecule has 0 amide bonds. The van der Waals surface area contributed by atoms with E-state index in [1.54, 1.807) is 20.0 Å². The third-order valence-electron chi connectivity index (χ3n) is 4.51. The maximum atomic E-state index is 13.0. The van der Waals surface area contributed by atoms with Crippen molar-refractivity contribution in [1.82, 2.24) is 24.7 Å². The van der Waals surface area contributed by atoms with Gasteiger partial charge >= 0.3 is 5.97 Å². The summed E-state index contributed by atoms with van der Waals surface area (Å²) in [5.74, 6) is -1.07. The standard InChI is InChI=1S/C19H18N6O3S.ClH/c1-10(22-14(18(27)28)7-12-8-20-9-21-12)16-11(2)24-25(17(16)26)19-23-13-5-3-4-6-15(13)29-19;/h3-6,8-9,14,24H,7H2,1-2H3,(H,20,21)(H,27,28);1H. The van der Waals surface area contributed by atoms with Gasteiger partial charge in [-0.05, 0) is 26.0 Å². The number of halogens is 1. The van der Waals surface area contributed by atoms with Gasteiger partial charge in [0.05, 0.1) is 22.1 Å². The van der Waals surface area contributed by atoms with Crippen LogP contribution in [0.3, 0.4) is 0 Å². The first-order valence-corrected chi connectivity index (χ1v) is 9.68. The normalized spacial score (nSPS) is 12.7. The molecule has 0 aliphatic rings. The van der Waals surface area contributed by atoms with Crippen molar-refractivity contribution in [2.75, 3.05) is 0 Å². The maximum absolute atomic E-state index is 13.0. The van der Waals surface area contributed by atoms with Crippen molar-refractivity contribution in [3.63, 3.8) is 0 Å². The Hall–Kier alpha value is -3.24. The fourth-order valence-corrected chi connectivity index (χ4v) is 4.08. The number of aliphatic carboxylic acids is 1. The Morgan fingerprint density at radius 1 is 1.37 bits per heavy atom. The fourth-order valence-electron chi connectivity index (χ4n) is 3.15. The lowest BCUT2D eigenvalue weighted by molar-refractivity contribution is -0.138. The fraction of sp³-hybridized carbons (Fsp3) is 0.211. The minimum atomic E-state index is -1.07. The number of imidazole rings is 1. The minimum absolute atomic E-state index is 0. The van der Waals surface area contributed by atoms with Gasteiger partial charge in [-0.1, -0.05) is 23.5 Å². The van der Waals surface area contributed by atoms with Crippen LogP contribution in [0.15, 0.2) is 46.6 Å². The summed E-state index contributed by atoms with van der Waals surface area (Å²) < 4.78 is 2.35. The number of aromatic nitrogens is 5. The Balaban J connectivity index is 0.00000256. The number of carbonyl (C=O) groups is 1. The van der Waals surface area contributed by atoms with Crippen molar-refractivity contribution in [2.24, 2.45) is 4.99 Å². The van der Waals surface area contributed by atoms with Gasteiger partial charge in [0.1, 0.15) is 0 Å². The lowest BCUT2D eigenvalue weighted by atomic mass is 10.1. The van der Waals surface area contributed by atoms with Gasteiger partial charge in [0.25, 0.3) is 5.56 Å². The van der Waals surface area contributed by atoms with Crippen LogP contribution in [0.1, 0.15) is 23.9 Å². The van der Waals surface area contributed by atoms with Gasteiger partial charge < -0.3 is 10.1 Å². The number of aliphatic imine (C=N–C) groups is 1. The first-order valence-electron chi connectivity index (χ1n) is 8.86. The molecule has 1 atom stereocenters. The maximum Gasteiger partial charge on any atom is 0.328 e. The van der Waals surface area contributed by atoms with Crippen molar-refractivity contribution >= 4 is 45.6 Å². The zero-order chi connectivity index (χ0) is 20.5. The molecule has 1 unspecified atom stereocenters. The van der Waals surface area contributed by atoms with E-state index < -0.39 is 12.0 Å². The van der Waals surface area contributed by atoms with Crippen LogP contribution in [0.5, 0.6) is 0 Å². The van der Waals surface area contributed by atoms with E-state index in [1.165, 1.54) is 22.3 Å². The highest BCUT2D eigenvalue weighted by molar-refractivity contribution is 7.20. The predicted octanol–water partition coefficient (Wildman–Crippen LogP) is 2.73. The third kappa shape index (κ3) is 4.05. The molecule has 4 rings (SSSR count). The highest BCUT2D eigenvalue weighted by atomic mass is 35.5. The number of nitrogens with one attached hydrogen (secondary N) is 2. The average Bonchev–Trinajstić information content (AvgIpc) is 3.39. The van der Waals surface area contributed by atoms with E-state index in [0.29, 0.717) is 27.8 Å². The molecule has 0 aliphatic carbocycles. The van der Waals surface area contributed by atoms with Crippen molar-refractivity contribution < 1.29 is 9.90 Å². The second kappa shape index (κ2) is 8.64. The highest BCUT2D eigenvalue weighted by Crippen LogP contribution is 2.23. The molecule has 0 aliphatic heterocycles. The molecule has 156 valence electrons. The number of carboxylic acid groups (broad SMARTS) is 1. The number of benzene rings is 1.